The van der Waals surface area contributed by atoms with Crippen LogP contribution in [0.3, 0.4) is 0 Å². The van der Waals surface area contributed by atoms with E-state index in [1.54, 1.807) is 26.0 Å². The van der Waals surface area contributed by atoms with E-state index in [1.165, 1.54) is 86.8 Å². The quantitative estimate of drug-likeness (QED) is 0.159. The molecule has 0 spiro atoms. The van der Waals surface area contributed by atoms with Gasteiger partial charge >= 0.3 is 6.03 Å². The average molecular weight is 704 g/mol. The lowest BCUT2D eigenvalue weighted by atomic mass is 10.0. The lowest BCUT2D eigenvalue weighted by Crippen LogP contribution is -2.61. The van der Waals surface area contributed by atoms with E-state index in [9.17, 15) is 27.6 Å². The zero-order valence-corrected chi connectivity index (χ0v) is 28.6. The molecular formula is C34H34FN7O7S. The minimum absolute atomic E-state index is 0.0181. The van der Waals surface area contributed by atoms with Crippen molar-refractivity contribution in [1.29, 1.82) is 0 Å². The van der Waals surface area contributed by atoms with Gasteiger partial charge in [-0.05, 0) is 63.2 Å². The summed E-state index contributed by atoms with van der Waals surface area (Å²) in [4.78, 5) is 62.8. The number of imide groups is 1. The molecule has 50 heavy (non-hydrogen) atoms. The molecule has 0 bridgehead atoms. The minimum atomic E-state index is -3.65. The molecular weight excluding hydrogens is 669 g/mol. The number of aromatic nitrogens is 2. The zero-order valence-electron chi connectivity index (χ0n) is 27.7. The van der Waals surface area contributed by atoms with Crippen LogP contribution in [-0.2, 0) is 19.6 Å². The fourth-order valence-electron chi connectivity index (χ4n) is 4.97. The van der Waals surface area contributed by atoms with Gasteiger partial charge in [0.05, 0.1) is 5.69 Å². The molecule has 1 atom stereocenters. The maximum Gasteiger partial charge on any atom is 0.331 e. The van der Waals surface area contributed by atoms with E-state index in [2.05, 4.69) is 20.6 Å². The zero-order chi connectivity index (χ0) is 36.3. The number of carbonyl (C=O) groups excluding carboxylic acids is 4. The van der Waals surface area contributed by atoms with Crippen LogP contribution in [0.4, 0.5) is 32.2 Å². The fourth-order valence-corrected chi connectivity index (χ4v) is 5.82. The second kappa shape index (κ2) is 14.4. The monoisotopic (exact) mass is 703 g/mol. The van der Waals surface area contributed by atoms with Gasteiger partial charge in [-0.25, -0.2) is 36.8 Å². The average Bonchev–Trinajstić information content (AvgIpc) is 3.06. The van der Waals surface area contributed by atoms with Gasteiger partial charge < -0.3 is 20.3 Å². The molecule has 0 aliphatic carbocycles. The first-order valence-corrected chi connectivity index (χ1v) is 16.7. The number of hydrogen-bond acceptors (Lipinski definition) is 10. The van der Waals surface area contributed by atoms with Crippen LogP contribution in [0, 0.1) is 11.7 Å². The van der Waals surface area contributed by atoms with Crippen molar-refractivity contribution in [1.82, 2.24) is 19.2 Å². The lowest BCUT2D eigenvalue weighted by Gasteiger charge is -2.40. The van der Waals surface area contributed by atoms with Gasteiger partial charge in [0, 0.05) is 62.5 Å². The summed E-state index contributed by atoms with van der Waals surface area (Å²) >= 11 is 0. The van der Waals surface area contributed by atoms with Crippen molar-refractivity contribution in [2.45, 2.75) is 31.7 Å². The highest BCUT2D eigenvalue weighted by atomic mass is 32.2. The van der Waals surface area contributed by atoms with Crippen LogP contribution in [-0.4, -0.2) is 77.9 Å². The third-order valence-corrected chi connectivity index (χ3v) is 9.51. The summed E-state index contributed by atoms with van der Waals surface area (Å²) in [5.74, 6) is -3.28. The Bertz CT molecular complexity index is 2070. The predicted octanol–water partition coefficient (Wildman–Crippen LogP) is 5.04. The first kappa shape index (κ1) is 35.6. The third-order valence-electron chi connectivity index (χ3n) is 7.72. The van der Waals surface area contributed by atoms with Gasteiger partial charge in [-0.1, -0.05) is 12.1 Å². The number of anilines is 4. The number of rotatable bonds is 11. The summed E-state index contributed by atoms with van der Waals surface area (Å²) in [6.45, 7) is 4.66. The summed E-state index contributed by atoms with van der Waals surface area (Å²) < 4.78 is 46.6. The van der Waals surface area contributed by atoms with E-state index in [0.29, 0.717) is 11.4 Å². The number of sulfonamides is 1. The van der Waals surface area contributed by atoms with Crippen molar-refractivity contribution in [2.75, 3.05) is 36.2 Å². The number of pyridine rings is 2. The van der Waals surface area contributed by atoms with Crippen LogP contribution in [0.25, 0.3) is 0 Å². The molecule has 1 saturated heterocycles. The summed E-state index contributed by atoms with van der Waals surface area (Å²) in [5, 5.41) is 5.49. The van der Waals surface area contributed by atoms with E-state index in [4.69, 9.17) is 4.74 Å². The second-order valence-electron chi connectivity index (χ2n) is 11.8. The number of ketones is 1. The number of ether oxygens (including phenoxy) is 1. The number of urea groups is 1. The van der Waals surface area contributed by atoms with Gasteiger partial charge in [-0.15, -0.1) is 0 Å². The summed E-state index contributed by atoms with van der Waals surface area (Å²) in [6.07, 6.45) is 2.63. The fraction of sp³-hybridized carbons (Fsp3) is 0.235. The van der Waals surface area contributed by atoms with Crippen LogP contribution in [0.2, 0.25) is 0 Å². The number of nitrogens with one attached hydrogen (secondary N) is 2. The normalized spacial score (nSPS) is 15.0. The van der Waals surface area contributed by atoms with Crippen LogP contribution >= 0.6 is 0 Å². The highest BCUT2D eigenvalue weighted by Crippen LogP contribution is 2.30. The number of halogens is 1. The number of Topliss-reactive ketones (excluding diaryl/α,β-unsaturated/α-hetero) is 1. The van der Waals surface area contributed by atoms with Gasteiger partial charge in [0.25, 0.3) is 0 Å². The molecule has 3 heterocycles. The predicted molar refractivity (Wildman–Crippen MR) is 182 cm³/mol. The molecule has 1 aliphatic rings. The first-order valence-electron chi connectivity index (χ1n) is 15.3. The first-order chi connectivity index (χ1) is 23.6. The third kappa shape index (κ3) is 7.61. The molecule has 0 saturated carbocycles. The van der Waals surface area contributed by atoms with Crippen molar-refractivity contribution in [3.8, 4) is 11.5 Å². The van der Waals surface area contributed by atoms with Gasteiger partial charge in [-0.3, -0.25) is 14.4 Å². The molecule has 14 nitrogen and oxygen atoms in total. The Morgan fingerprint density at radius 3 is 2.40 bits per heavy atom. The molecule has 5 rings (SSSR count). The Labute approximate surface area is 287 Å². The molecule has 2 aromatic carbocycles. The minimum Gasteiger partial charge on any atom is -0.454 e. The van der Waals surface area contributed by atoms with Crippen LogP contribution in [0.15, 0.2) is 84.0 Å². The van der Waals surface area contributed by atoms with Crippen LogP contribution < -0.4 is 20.3 Å². The maximum absolute atomic E-state index is 15.2. The van der Waals surface area contributed by atoms with Gasteiger partial charge in [0.15, 0.2) is 17.3 Å². The molecule has 1 unspecified atom stereocenters. The molecule has 4 amide bonds. The SMILES string of the molecule is CC(=O)c1cccc(N2C(=O)C(C(=O)Nc3ccc(Oc4ccnc(Nc5ccc(S(=O)(=O)N(C)C)cn5)c4)c(F)c3)CN(C(C)C)C2=O)c1. The number of nitrogens with zero attached hydrogens (tertiary/aromatic N) is 5. The topological polar surface area (TPSA) is 171 Å². The Hall–Kier alpha value is -5.74. The van der Waals surface area contributed by atoms with Crippen LogP contribution in [0.5, 0.6) is 11.5 Å². The molecule has 1 fully saturated rings. The molecule has 2 aromatic heterocycles. The van der Waals surface area contributed by atoms with Crippen molar-refractivity contribution in [3.63, 3.8) is 0 Å². The van der Waals surface area contributed by atoms with Crippen molar-refractivity contribution in [3.05, 3.63) is 90.5 Å². The number of benzene rings is 2. The van der Waals surface area contributed by atoms with E-state index in [-0.39, 0.29) is 52.0 Å². The van der Waals surface area contributed by atoms with Gasteiger partial charge in [0.1, 0.15) is 28.2 Å². The maximum atomic E-state index is 15.2. The van der Waals surface area contributed by atoms with E-state index < -0.39 is 39.6 Å². The molecule has 16 heteroatoms. The number of carbonyl (C=O) groups is 4. The van der Waals surface area contributed by atoms with E-state index >= 15 is 4.39 Å². The lowest BCUT2D eigenvalue weighted by molar-refractivity contribution is -0.132. The highest BCUT2D eigenvalue weighted by molar-refractivity contribution is 7.89. The molecule has 2 N–H and O–H groups in total. The Morgan fingerprint density at radius 1 is 1.00 bits per heavy atom. The Morgan fingerprint density at radius 2 is 1.76 bits per heavy atom. The second-order valence-corrected chi connectivity index (χ2v) is 13.9. The van der Waals surface area contributed by atoms with Crippen molar-refractivity contribution >= 4 is 56.7 Å². The summed E-state index contributed by atoms with van der Waals surface area (Å²) in [7, 11) is -0.811. The van der Waals surface area contributed by atoms with Crippen molar-refractivity contribution < 1.29 is 36.7 Å². The standard InChI is InChI=1S/C34H34FN7O7S/c1-20(2)41-19-27(33(45)42(34(41)46)24-8-6-7-22(15-24)21(3)43)32(44)38-23-9-11-29(28(35)16-23)49-25-13-14-36-31(17-25)39-30-12-10-26(18-37-30)50(47,48)40(4)5/h6-18,20,27H,19H2,1-5H3,(H,38,44)(H,36,37,39). The van der Waals surface area contributed by atoms with Gasteiger partial charge in [0.2, 0.25) is 21.8 Å². The van der Waals surface area contributed by atoms with Gasteiger partial charge in [-0.2, -0.15) is 0 Å². The smallest absolute Gasteiger partial charge is 0.331 e. The Kier molecular flexibility index (Phi) is 10.2. The highest BCUT2D eigenvalue weighted by Gasteiger charge is 2.44. The van der Waals surface area contributed by atoms with E-state index in [1.807, 2.05) is 0 Å². The molecule has 4 aromatic rings. The van der Waals surface area contributed by atoms with Crippen molar-refractivity contribution in [2.24, 2.45) is 5.92 Å². The summed E-state index contributed by atoms with van der Waals surface area (Å²) in [6, 6.07) is 14.6. The molecule has 260 valence electrons. The summed E-state index contributed by atoms with van der Waals surface area (Å²) in [5.41, 5.74) is 0.501. The Balaban J connectivity index is 1.28. The largest absolute Gasteiger partial charge is 0.454 e. The number of hydrogen-bond donors (Lipinski definition) is 2. The molecule has 0 radical (unpaired) electrons. The van der Waals surface area contributed by atoms with E-state index in [0.717, 1.165) is 15.3 Å². The van der Waals surface area contributed by atoms with Crippen LogP contribution in [0.1, 0.15) is 31.1 Å². The number of amides is 4. The molecule has 1 aliphatic heterocycles.